The van der Waals surface area contributed by atoms with Crippen LogP contribution in [0.4, 0.5) is 15.8 Å². The number of methoxy groups -OCH3 is 1. The van der Waals surface area contributed by atoms with Crippen LogP contribution in [0.1, 0.15) is 13.8 Å². The molecule has 0 aliphatic rings. The summed E-state index contributed by atoms with van der Waals surface area (Å²) in [6.45, 7) is 3.05. The summed E-state index contributed by atoms with van der Waals surface area (Å²) in [6, 6.07) is 2.85. The van der Waals surface area contributed by atoms with E-state index in [9.17, 15) is 19.3 Å². The van der Waals surface area contributed by atoms with Crippen LogP contribution >= 0.6 is 0 Å². The lowest BCUT2D eigenvalue weighted by Crippen LogP contribution is -2.38. The molecular weight excluding hydrogens is 243 g/mol. The molecular formula is C11H13FN2O4. The molecule has 1 aromatic carbocycles. The number of non-ortho nitro benzene ring substituents is 1. The summed E-state index contributed by atoms with van der Waals surface area (Å²) in [5.41, 5.74) is -1.53. The third-order valence-corrected chi connectivity index (χ3v) is 2.41. The number of nitro benzene ring substituents is 1. The molecule has 0 saturated heterocycles. The van der Waals surface area contributed by atoms with Gasteiger partial charge in [0.2, 0.25) is 0 Å². The van der Waals surface area contributed by atoms with Gasteiger partial charge in [0.25, 0.3) is 11.6 Å². The molecule has 0 fully saturated rings. The van der Waals surface area contributed by atoms with Crippen molar-refractivity contribution in [1.29, 1.82) is 0 Å². The highest BCUT2D eigenvalue weighted by Gasteiger charge is 2.27. The number of rotatable bonds is 4. The molecule has 0 aliphatic heterocycles. The molecule has 7 heteroatoms. The Hall–Kier alpha value is -2.02. The van der Waals surface area contributed by atoms with Crippen molar-refractivity contribution >= 4 is 17.3 Å². The van der Waals surface area contributed by atoms with E-state index in [1.807, 2.05) is 0 Å². The second kappa shape index (κ2) is 5.09. The number of hydrogen-bond donors (Lipinski definition) is 1. The minimum atomic E-state index is -1.11. The van der Waals surface area contributed by atoms with E-state index in [0.717, 1.165) is 18.2 Å². The summed E-state index contributed by atoms with van der Waals surface area (Å²) in [5.74, 6) is -1.32. The zero-order valence-corrected chi connectivity index (χ0v) is 10.2. The first-order chi connectivity index (χ1) is 8.26. The van der Waals surface area contributed by atoms with Crippen molar-refractivity contribution in [2.45, 2.75) is 19.4 Å². The number of hydrogen-bond acceptors (Lipinski definition) is 4. The fourth-order valence-corrected chi connectivity index (χ4v) is 1.13. The molecule has 6 nitrogen and oxygen atoms in total. The maximum absolute atomic E-state index is 13.1. The van der Waals surface area contributed by atoms with Crippen LogP contribution in [-0.4, -0.2) is 23.5 Å². The Morgan fingerprint density at radius 1 is 1.44 bits per heavy atom. The highest BCUT2D eigenvalue weighted by atomic mass is 19.1. The Bertz CT molecular complexity index is 488. The normalized spacial score (nSPS) is 11.1. The van der Waals surface area contributed by atoms with Gasteiger partial charge in [0, 0.05) is 13.2 Å². The van der Waals surface area contributed by atoms with Crippen molar-refractivity contribution in [2.24, 2.45) is 0 Å². The van der Waals surface area contributed by atoms with E-state index in [0.29, 0.717) is 0 Å². The van der Waals surface area contributed by atoms with Gasteiger partial charge in [0.1, 0.15) is 11.4 Å². The number of nitrogens with zero attached hydrogens (tertiary/aromatic N) is 1. The number of benzene rings is 1. The molecule has 1 rings (SSSR count). The molecule has 0 bridgehead atoms. The molecule has 0 aliphatic carbocycles. The lowest BCUT2D eigenvalue weighted by molar-refractivity contribution is -0.385. The van der Waals surface area contributed by atoms with E-state index in [-0.39, 0.29) is 5.69 Å². The summed E-state index contributed by atoms with van der Waals surface area (Å²) in [5, 5.41) is 12.9. The van der Waals surface area contributed by atoms with Crippen molar-refractivity contribution in [3.05, 3.63) is 34.1 Å². The van der Waals surface area contributed by atoms with Gasteiger partial charge in [-0.25, -0.2) is 4.39 Å². The van der Waals surface area contributed by atoms with Gasteiger partial charge in [-0.15, -0.1) is 0 Å². The molecule has 98 valence electrons. The smallest absolute Gasteiger partial charge is 0.274 e. The van der Waals surface area contributed by atoms with E-state index < -0.39 is 27.9 Å². The van der Waals surface area contributed by atoms with Gasteiger partial charge < -0.3 is 10.1 Å². The lowest BCUT2D eigenvalue weighted by Gasteiger charge is -2.21. The number of anilines is 1. The topological polar surface area (TPSA) is 81.5 Å². The van der Waals surface area contributed by atoms with Gasteiger partial charge in [-0.2, -0.15) is 0 Å². The van der Waals surface area contributed by atoms with Crippen molar-refractivity contribution in [3.8, 4) is 0 Å². The third kappa shape index (κ3) is 3.24. The number of amides is 1. The molecule has 0 radical (unpaired) electrons. The second-order valence-corrected chi connectivity index (χ2v) is 4.12. The van der Waals surface area contributed by atoms with Crippen molar-refractivity contribution < 1.29 is 18.8 Å². The zero-order valence-electron chi connectivity index (χ0n) is 10.2. The number of carbonyl (C=O) groups excluding carboxylic acids is 1. The van der Waals surface area contributed by atoms with Crippen LogP contribution in [0.2, 0.25) is 0 Å². The minimum Gasteiger partial charge on any atom is -0.369 e. The average molecular weight is 256 g/mol. The van der Waals surface area contributed by atoms with Crippen LogP contribution in [0.25, 0.3) is 0 Å². The summed E-state index contributed by atoms with van der Waals surface area (Å²) >= 11 is 0. The summed E-state index contributed by atoms with van der Waals surface area (Å²) in [7, 11) is 1.35. The Morgan fingerprint density at radius 2 is 2.06 bits per heavy atom. The molecule has 1 N–H and O–H groups in total. The molecule has 18 heavy (non-hydrogen) atoms. The Kier molecular flexibility index (Phi) is 3.97. The molecule has 0 heterocycles. The van der Waals surface area contributed by atoms with E-state index in [1.54, 1.807) is 0 Å². The summed E-state index contributed by atoms with van der Waals surface area (Å²) in [6.07, 6.45) is 0. The van der Waals surface area contributed by atoms with Crippen LogP contribution in [0.15, 0.2) is 18.2 Å². The Morgan fingerprint density at radius 3 is 2.56 bits per heavy atom. The zero-order chi connectivity index (χ0) is 13.9. The highest BCUT2D eigenvalue weighted by Crippen LogP contribution is 2.21. The van der Waals surface area contributed by atoms with Gasteiger partial charge in [0.15, 0.2) is 0 Å². The van der Waals surface area contributed by atoms with Gasteiger partial charge in [0.05, 0.1) is 16.7 Å². The summed E-state index contributed by atoms with van der Waals surface area (Å²) < 4.78 is 18.1. The van der Waals surface area contributed by atoms with E-state index in [2.05, 4.69) is 5.32 Å². The maximum atomic E-state index is 13.1. The number of nitro groups is 1. The monoisotopic (exact) mass is 256 g/mol. The number of ether oxygens (including phenoxy) is 1. The van der Waals surface area contributed by atoms with E-state index in [4.69, 9.17) is 4.74 Å². The first kappa shape index (κ1) is 14.0. The van der Waals surface area contributed by atoms with Gasteiger partial charge in [-0.1, -0.05) is 0 Å². The summed E-state index contributed by atoms with van der Waals surface area (Å²) in [4.78, 5) is 21.5. The van der Waals surface area contributed by atoms with E-state index >= 15 is 0 Å². The minimum absolute atomic E-state index is 0.0109. The fraction of sp³-hybridized carbons (Fsp3) is 0.364. The highest BCUT2D eigenvalue weighted by molar-refractivity contribution is 5.96. The first-order valence-electron chi connectivity index (χ1n) is 5.08. The quantitative estimate of drug-likeness (QED) is 0.660. The average Bonchev–Trinajstić information content (AvgIpc) is 2.28. The van der Waals surface area contributed by atoms with Gasteiger partial charge in [-0.05, 0) is 19.9 Å². The molecule has 1 amide bonds. The molecule has 0 atom stereocenters. The number of carbonyl (C=O) groups is 1. The van der Waals surface area contributed by atoms with E-state index in [1.165, 1.54) is 21.0 Å². The molecule has 0 spiro atoms. The number of nitrogens with one attached hydrogen (secondary N) is 1. The van der Waals surface area contributed by atoms with Crippen LogP contribution in [0.3, 0.4) is 0 Å². The van der Waals surface area contributed by atoms with Gasteiger partial charge in [-0.3, -0.25) is 14.9 Å². The number of halogens is 1. The van der Waals surface area contributed by atoms with Gasteiger partial charge >= 0.3 is 0 Å². The predicted octanol–water partition coefficient (Wildman–Crippen LogP) is 2.10. The SMILES string of the molecule is COC(C)(C)C(=O)Nc1cc(F)cc([N+](=O)[O-])c1. The molecule has 0 aromatic heterocycles. The van der Waals surface area contributed by atoms with Crippen molar-refractivity contribution in [2.75, 3.05) is 12.4 Å². The largest absolute Gasteiger partial charge is 0.369 e. The lowest BCUT2D eigenvalue weighted by atomic mass is 10.1. The van der Waals surface area contributed by atoms with Crippen LogP contribution in [0, 0.1) is 15.9 Å². The standard InChI is InChI=1S/C11H13FN2O4/c1-11(2,18-3)10(15)13-8-4-7(12)5-9(6-8)14(16)17/h4-6H,1-3H3,(H,13,15). The van der Waals surface area contributed by atoms with Crippen LogP contribution in [0.5, 0.6) is 0 Å². The van der Waals surface area contributed by atoms with Crippen molar-refractivity contribution in [1.82, 2.24) is 0 Å². The van der Waals surface area contributed by atoms with Crippen LogP contribution in [-0.2, 0) is 9.53 Å². The molecule has 1 aromatic rings. The molecule has 0 unspecified atom stereocenters. The first-order valence-corrected chi connectivity index (χ1v) is 5.08. The third-order valence-electron chi connectivity index (χ3n) is 2.41. The predicted molar refractivity (Wildman–Crippen MR) is 62.8 cm³/mol. The Balaban J connectivity index is 2.98. The molecule has 0 saturated carbocycles. The van der Waals surface area contributed by atoms with Crippen molar-refractivity contribution in [3.63, 3.8) is 0 Å². The maximum Gasteiger partial charge on any atom is 0.274 e. The Labute approximate surface area is 103 Å². The second-order valence-electron chi connectivity index (χ2n) is 4.12. The fourth-order valence-electron chi connectivity index (χ4n) is 1.13. The van der Waals surface area contributed by atoms with Crippen LogP contribution < -0.4 is 5.32 Å².